The standard InChI is InChI=1S/C9H18BNO3/c1-5-9(6-2,7(12)14-4)11(3)8(10)13/h5-6,10H2,1-4H3. The van der Waals surface area contributed by atoms with Crippen LogP contribution in [0.1, 0.15) is 26.7 Å². The fraction of sp³-hybridized carbons (Fsp3) is 0.778. The molecular formula is C9H18BNO3. The molecule has 0 aromatic rings. The lowest BCUT2D eigenvalue weighted by molar-refractivity contribution is -0.153. The summed E-state index contributed by atoms with van der Waals surface area (Å²) in [6, 6.07) is 0. The molecule has 0 aliphatic heterocycles. The molecule has 4 nitrogen and oxygen atoms in total. The van der Waals surface area contributed by atoms with Crippen LogP contribution in [0.3, 0.4) is 0 Å². The summed E-state index contributed by atoms with van der Waals surface area (Å²) in [5, 5.41) is 0. The summed E-state index contributed by atoms with van der Waals surface area (Å²) in [6.45, 7) is 3.75. The van der Waals surface area contributed by atoms with Gasteiger partial charge in [0.1, 0.15) is 5.54 Å². The molecule has 0 aromatic heterocycles. The van der Waals surface area contributed by atoms with Crippen molar-refractivity contribution in [2.75, 3.05) is 14.2 Å². The number of carbonyl (C=O) groups is 2. The summed E-state index contributed by atoms with van der Waals surface area (Å²) in [5.74, 6) is -0.473. The van der Waals surface area contributed by atoms with Gasteiger partial charge in [0.25, 0.3) is 0 Å². The molecule has 0 rings (SSSR count). The number of nitrogens with zero attached hydrogens (tertiary/aromatic N) is 1. The van der Waals surface area contributed by atoms with Crippen molar-refractivity contribution in [3.05, 3.63) is 0 Å². The van der Waals surface area contributed by atoms with E-state index in [2.05, 4.69) is 0 Å². The maximum atomic E-state index is 11.6. The van der Waals surface area contributed by atoms with E-state index in [1.54, 1.807) is 7.05 Å². The maximum Gasteiger partial charge on any atom is 0.331 e. The van der Waals surface area contributed by atoms with Crippen LogP contribution in [0.5, 0.6) is 0 Å². The number of methoxy groups -OCH3 is 1. The first-order valence-electron chi connectivity index (χ1n) is 4.79. The molecular weight excluding hydrogens is 181 g/mol. The molecule has 0 radical (unpaired) electrons. The van der Waals surface area contributed by atoms with E-state index in [1.165, 1.54) is 19.9 Å². The average Bonchev–Trinajstić information content (AvgIpc) is 2.19. The molecule has 0 unspecified atom stereocenters. The van der Waals surface area contributed by atoms with E-state index in [0.29, 0.717) is 12.8 Å². The van der Waals surface area contributed by atoms with Gasteiger partial charge >= 0.3 is 5.97 Å². The average molecular weight is 199 g/mol. The van der Waals surface area contributed by atoms with Crippen molar-refractivity contribution in [2.45, 2.75) is 32.2 Å². The number of likely N-dealkylation sites (N-methyl/N-ethyl adjacent to an activating group) is 1. The third-order valence-corrected chi connectivity index (χ3v) is 2.85. The van der Waals surface area contributed by atoms with E-state index in [4.69, 9.17) is 4.74 Å². The number of hydrogen-bond donors (Lipinski definition) is 0. The smallest absolute Gasteiger partial charge is 0.331 e. The molecule has 0 aliphatic carbocycles. The Morgan fingerprint density at radius 3 is 2.00 bits per heavy atom. The second-order valence-electron chi connectivity index (χ2n) is 3.31. The molecule has 0 aliphatic rings. The van der Waals surface area contributed by atoms with Crippen LogP contribution in [0.15, 0.2) is 0 Å². The Bertz CT molecular complexity index is 226. The van der Waals surface area contributed by atoms with Gasteiger partial charge in [-0.2, -0.15) is 0 Å². The Kier molecular flexibility index (Phi) is 4.67. The van der Waals surface area contributed by atoms with E-state index >= 15 is 0 Å². The third-order valence-electron chi connectivity index (χ3n) is 2.85. The molecule has 0 N–H and O–H groups in total. The Hall–Kier alpha value is -0.995. The largest absolute Gasteiger partial charge is 0.467 e. The molecule has 1 amide bonds. The molecule has 0 heterocycles. The van der Waals surface area contributed by atoms with Gasteiger partial charge in [-0.25, -0.2) is 4.79 Å². The number of rotatable bonds is 4. The first kappa shape index (κ1) is 13.0. The van der Waals surface area contributed by atoms with E-state index < -0.39 is 5.54 Å². The summed E-state index contributed by atoms with van der Waals surface area (Å²) < 4.78 is 4.74. The molecule has 0 fully saturated rings. The van der Waals surface area contributed by atoms with Crippen LogP contribution in [0, 0.1) is 0 Å². The van der Waals surface area contributed by atoms with Gasteiger partial charge in [0.05, 0.1) is 7.11 Å². The molecule has 14 heavy (non-hydrogen) atoms. The molecule has 0 bridgehead atoms. The Balaban J connectivity index is 5.05. The second kappa shape index (κ2) is 5.03. The minimum atomic E-state index is -0.805. The number of carbonyl (C=O) groups excluding carboxylic acids is 2. The summed E-state index contributed by atoms with van der Waals surface area (Å²) in [7, 11) is 4.42. The highest BCUT2D eigenvalue weighted by atomic mass is 16.5. The van der Waals surface area contributed by atoms with E-state index in [0.717, 1.165) is 0 Å². The molecule has 0 aromatic carbocycles. The summed E-state index contributed by atoms with van der Waals surface area (Å²) >= 11 is 0. The highest BCUT2D eigenvalue weighted by molar-refractivity contribution is 6.57. The molecule has 0 saturated carbocycles. The monoisotopic (exact) mass is 199 g/mol. The normalized spacial score (nSPS) is 10.9. The van der Waals surface area contributed by atoms with Gasteiger partial charge in [0.2, 0.25) is 7.85 Å². The summed E-state index contributed by atoms with van der Waals surface area (Å²) in [6.07, 6.45) is 1.12. The number of ether oxygens (including phenoxy) is 1. The van der Waals surface area contributed by atoms with Crippen molar-refractivity contribution in [2.24, 2.45) is 0 Å². The molecule has 0 saturated heterocycles. The van der Waals surface area contributed by atoms with Gasteiger partial charge in [-0.15, -0.1) is 0 Å². The zero-order valence-corrected chi connectivity index (χ0v) is 9.59. The first-order valence-corrected chi connectivity index (χ1v) is 4.79. The number of hydrogen-bond acceptors (Lipinski definition) is 3. The number of amides is 1. The highest BCUT2D eigenvalue weighted by Crippen LogP contribution is 2.24. The van der Waals surface area contributed by atoms with E-state index in [-0.39, 0.29) is 11.8 Å². The lowest BCUT2D eigenvalue weighted by Crippen LogP contribution is -2.54. The summed E-state index contributed by atoms with van der Waals surface area (Å²) in [4.78, 5) is 24.3. The Morgan fingerprint density at radius 1 is 1.36 bits per heavy atom. The molecule has 0 spiro atoms. The predicted octanol–water partition coefficient (Wildman–Crippen LogP) is 0.403. The zero-order chi connectivity index (χ0) is 11.4. The fourth-order valence-electron chi connectivity index (χ4n) is 1.64. The fourth-order valence-corrected chi connectivity index (χ4v) is 1.64. The first-order chi connectivity index (χ1) is 6.46. The molecule has 80 valence electrons. The van der Waals surface area contributed by atoms with Crippen LogP contribution in [0.25, 0.3) is 0 Å². The number of esters is 1. The van der Waals surface area contributed by atoms with Crippen LogP contribution >= 0.6 is 0 Å². The van der Waals surface area contributed by atoms with Gasteiger partial charge < -0.3 is 9.64 Å². The van der Waals surface area contributed by atoms with Crippen molar-refractivity contribution in [1.82, 2.24) is 4.90 Å². The van der Waals surface area contributed by atoms with Crippen LogP contribution in [-0.4, -0.2) is 44.2 Å². The van der Waals surface area contributed by atoms with Gasteiger partial charge in [-0.1, -0.05) is 13.8 Å². The SMILES string of the molecule is BC(=O)N(C)C(CC)(CC)C(=O)OC. The van der Waals surface area contributed by atoms with Gasteiger partial charge in [-0.05, 0) is 12.8 Å². The van der Waals surface area contributed by atoms with Crippen LogP contribution in [0.4, 0.5) is 4.79 Å². The van der Waals surface area contributed by atoms with Crippen LogP contribution < -0.4 is 0 Å². The highest BCUT2D eigenvalue weighted by Gasteiger charge is 2.41. The van der Waals surface area contributed by atoms with Crippen molar-refractivity contribution in [3.8, 4) is 0 Å². The van der Waals surface area contributed by atoms with Crippen molar-refractivity contribution in [3.63, 3.8) is 0 Å². The minimum Gasteiger partial charge on any atom is -0.467 e. The minimum absolute atomic E-state index is 0.126. The van der Waals surface area contributed by atoms with Crippen molar-refractivity contribution >= 4 is 19.6 Å². The van der Waals surface area contributed by atoms with E-state index in [9.17, 15) is 9.59 Å². The Labute approximate surface area is 86.0 Å². The Morgan fingerprint density at radius 2 is 1.79 bits per heavy atom. The van der Waals surface area contributed by atoms with Crippen LogP contribution in [0.2, 0.25) is 0 Å². The van der Waals surface area contributed by atoms with Gasteiger partial charge in [0, 0.05) is 7.05 Å². The second-order valence-corrected chi connectivity index (χ2v) is 3.31. The lowest BCUT2D eigenvalue weighted by Gasteiger charge is -2.37. The van der Waals surface area contributed by atoms with Crippen molar-refractivity contribution < 1.29 is 14.3 Å². The predicted molar refractivity (Wildman–Crippen MR) is 57.0 cm³/mol. The molecule has 5 heteroatoms. The maximum absolute atomic E-state index is 11.6. The zero-order valence-electron chi connectivity index (χ0n) is 9.59. The third kappa shape index (κ3) is 2.08. The van der Waals surface area contributed by atoms with Crippen LogP contribution in [-0.2, 0) is 9.53 Å². The van der Waals surface area contributed by atoms with Gasteiger partial charge in [0.15, 0.2) is 5.81 Å². The topological polar surface area (TPSA) is 46.6 Å². The van der Waals surface area contributed by atoms with Gasteiger partial charge in [-0.3, -0.25) is 4.79 Å². The molecule has 0 atom stereocenters. The quantitative estimate of drug-likeness (QED) is 0.486. The lowest BCUT2D eigenvalue weighted by atomic mass is 9.89. The van der Waals surface area contributed by atoms with Crippen molar-refractivity contribution in [1.29, 1.82) is 0 Å². The summed E-state index contributed by atoms with van der Waals surface area (Å²) in [5.41, 5.74) is -0.805. The van der Waals surface area contributed by atoms with E-state index in [1.807, 2.05) is 13.8 Å².